The Balaban J connectivity index is 1.98. The first-order valence-corrected chi connectivity index (χ1v) is 7.07. The molecule has 0 aromatic carbocycles. The molecular weight excluding hydrogens is 212 g/mol. The average Bonchev–Trinajstić information content (AvgIpc) is 2.96. The van der Waals surface area contributed by atoms with E-state index >= 15 is 0 Å². The standard InChI is InChI=1S/C14H26N2O/c1-14(2)10-12(14)13(17)16(9-8-15)11-6-4-3-5-7-11/h11-12H,3-10,15H2,1-2H3. The maximum Gasteiger partial charge on any atom is 0.226 e. The third-order valence-electron chi connectivity index (χ3n) is 4.48. The van der Waals surface area contributed by atoms with Gasteiger partial charge in [-0.25, -0.2) is 0 Å². The number of carbonyl (C=O) groups is 1. The zero-order valence-corrected chi connectivity index (χ0v) is 11.2. The lowest BCUT2D eigenvalue weighted by atomic mass is 9.93. The molecule has 2 fully saturated rings. The van der Waals surface area contributed by atoms with Gasteiger partial charge in [-0.05, 0) is 24.7 Å². The van der Waals surface area contributed by atoms with Crippen molar-refractivity contribution in [1.29, 1.82) is 0 Å². The second-order valence-electron chi connectivity index (χ2n) is 6.36. The summed E-state index contributed by atoms with van der Waals surface area (Å²) in [6.45, 7) is 5.72. The highest BCUT2D eigenvalue weighted by atomic mass is 16.2. The van der Waals surface area contributed by atoms with Crippen molar-refractivity contribution in [3.05, 3.63) is 0 Å². The second-order valence-corrected chi connectivity index (χ2v) is 6.36. The molecule has 0 spiro atoms. The topological polar surface area (TPSA) is 46.3 Å². The van der Waals surface area contributed by atoms with Gasteiger partial charge < -0.3 is 10.6 Å². The van der Waals surface area contributed by atoms with Gasteiger partial charge in [0, 0.05) is 25.0 Å². The highest BCUT2D eigenvalue weighted by Crippen LogP contribution is 2.52. The van der Waals surface area contributed by atoms with E-state index in [0.29, 0.717) is 18.5 Å². The van der Waals surface area contributed by atoms with Gasteiger partial charge in [0.2, 0.25) is 5.91 Å². The van der Waals surface area contributed by atoms with Gasteiger partial charge in [-0.3, -0.25) is 4.79 Å². The molecule has 0 bridgehead atoms. The van der Waals surface area contributed by atoms with Crippen LogP contribution in [0.3, 0.4) is 0 Å². The van der Waals surface area contributed by atoms with E-state index in [0.717, 1.165) is 13.0 Å². The van der Waals surface area contributed by atoms with Crippen molar-refractivity contribution in [2.75, 3.05) is 13.1 Å². The summed E-state index contributed by atoms with van der Waals surface area (Å²) < 4.78 is 0. The first-order valence-electron chi connectivity index (χ1n) is 7.07. The van der Waals surface area contributed by atoms with Crippen LogP contribution in [0.1, 0.15) is 52.4 Å². The fourth-order valence-corrected chi connectivity index (χ4v) is 3.09. The smallest absolute Gasteiger partial charge is 0.226 e. The second kappa shape index (κ2) is 4.97. The van der Waals surface area contributed by atoms with E-state index < -0.39 is 0 Å². The molecule has 0 aromatic heterocycles. The SMILES string of the molecule is CC1(C)CC1C(=O)N(CCN)C1CCCCC1. The van der Waals surface area contributed by atoms with Crippen LogP contribution in [0.2, 0.25) is 0 Å². The maximum atomic E-state index is 12.5. The molecule has 2 saturated carbocycles. The Morgan fingerprint density at radius 3 is 2.35 bits per heavy atom. The Bertz CT molecular complexity index is 282. The summed E-state index contributed by atoms with van der Waals surface area (Å²) in [6, 6.07) is 0.469. The molecule has 17 heavy (non-hydrogen) atoms. The molecule has 2 aliphatic carbocycles. The van der Waals surface area contributed by atoms with E-state index in [4.69, 9.17) is 5.73 Å². The summed E-state index contributed by atoms with van der Waals surface area (Å²) in [5, 5.41) is 0. The molecule has 0 saturated heterocycles. The molecule has 1 unspecified atom stereocenters. The van der Waals surface area contributed by atoms with E-state index in [9.17, 15) is 4.79 Å². The van der Waals surface area contributed by atoms with Crippen LogP contribution in [-0.2, 0) is 4.79 Å². The van der Waals surface area contributed by atoms with Crippen molar-refractivity contribution in [3.8, 4) is 0 Å². The van der Waals surface area contributed by atoms with Crippen LogP contribution < -0.4 is 5.73 Å². The monoisotopic (exact) mass is 238 g/mol. The molecule has 0 radical (unpaired) electrons. The lowest BCUT2D eigenvalue weighted by Gasteiger charge is -2.34. The Morgan fingerprint density at radius 1 is 1.29 bits per heavy atom. The molecule has 98 valence electrons. The van der Waals surface area contributed by atoms with Crippen molar-refractivity contribution in [3.63, 3.8) is 0 Å². The van der Waals surface area contributed by atoms with E-state index in [1.165, 1.54) is 32.1 Å². The quantitative estimate of drug-likeness (QED) is 0.815. The van der Waals surface area contributed by atoms with E-state index in [1.54, 1.807) is 0 Å². The third-order valence-corrected chi connectivity index (χ3v) is 4.48. The van der Waals surface area contributed by atoms with Gasteiger partial charge in [0.1, 0.15) is 0 Å². The molecule has 0 aliphatic heterocycles. The predicted molar refractivity (Wildman–Crippen MR) is 69.5 cm³/mol. The highest BCUT2D eigenvalue weighted by Gasteiger charge is 2.52. The van der Waals surface area contributed by atoms with Gasteiger partial charge in [0.15, 0.2) is 0 Å². The minimum absolute atomic E-state index is 0.235. The van der Waals surface area contributed by atoms with Crippen LogP contribution in [0.15, 0.2) is 0 Å². The minimum atomic E-state index is 0.235. The molecular formula is C14H26N2O. The van der Waals surface area contributed by atoms with E-state index in [-0.39, 0.29) is 11.3 Å². The first-order chi connectivity index (χ1) is 8.06. The third kappa shape index (κ3) is 2.82. The number of amides is 1. The van der Waals surface area contributed by atoms with Crippen molar-refractivity contribution in [1.82, 2.24) is 4.90 Å². The van der Waals surface area contributed by atoms with Crippen LogP contribution in [0.4, 0.5) is 0 Å². The maximum absolute atomic E-state index is 12.5. The van der Waals surface area contributed by atoms with Crippen LogP contribution >= 0.6 is 0 Å². The largest absolute Gasteiger partial charge is 0.338 e. The molecule has 1 atom stereocenters. The summed E-state index contributed by atoms with van der Waals surface area (Å²) in [5.41, 5.74) is 5.90. The fourth-order valence-electron chi connectivity index (χ4n) is 3.09. The zero-order valence-electron chi connectivity index (χ0n) is 11.2. The number of hydrogen-bond acceptors (Lipinski definition) is 2. The van der Waals surface area contributed by atoms with Crippen molar-refractivity contribution in [2.24, 2.45) is 17.1 Å². The van der Waals surface area contributed by atoms with Crippen LogP contribution in [0.5, 0.6) is 0 Å². The van der Waals surface area contributed by atoms with Crippen molar-refractivity contribution >= 4 is 5.91 Å². The summed E-state index contributed by atoms with van der Waals surface area (Å²) in [6.07, 6.45) is 7.29. The van der Waals surface area contributed by atoms with Gasteiger partial charge in [-0.15, -0.1) is 0 Å². The predicted octanol–water partition coefficient (Wildman–Crippen LogP) is 2.15. The molecule has 3 heteroatoms. The molecule has 1 amide bonds. The molecule has 0 heterocycles. The summed E-state index contributed by atoms with van der Waals surface area (Å²) in [5.74, 6) is 0.628. The number of rotatable bonds is 4. The van der Waals surface area contributed by atoms with E-state index in [1.807, 2.05) is 0 Å². The zero-order chi connectivity index (χ0) is 12.5. The van der Waals surface area contributed by atoms with Crippen LogP contribution in [0, 0.1) is 11.3 Å². The molecule has 2 N–H and O–H groups in total. The lowest BCUT2D eigenvalue weighted by Crippen LogP contribution is -2.45. The summed E-state index contributed by atoms with van der Waals surface area (Å²) in [4.78, 5) is 14.6. The molecule has 2 rings (SSSR count). The Labute approximate surface area is 105 Å². The summed E-state index contributed by atoms with van der Waals surface area (Å²) in [7, 11) is 0. The number of nitrogens with zero attached hydrogens (tertiary/aromatic N) is 1. The highest BCUT2D eigenvalue weighted by molar-refractivity contribution is 5.82. The minimum Gasteiger partial charge on any atom is -0.338 e. The van der Waals surface area contributed by atoms with Gasteiger partial charge in [-0.1, -0.05) is 33.1 Å². The Morgan fingerprint density at radius 2 is 1.88 bits per heavy atom. The van der Waals surface area contributed by atoms with Crippen molar-refractivity contribution < 1.29 is 4.79 Å². The van der Waals surface area contributed by atoms with Gasteiger partial charge in [0.05, 0.1) is 0 Å². The normalized spacial score (nSPS) is 27.8. The van der Waals surface area contributed by atoms with Gasteiger partial charge >= 0.3 is 0 Å². The van der Waals surface area contributed by atoms with Crippen LogP contribution in [0.25, 0.3) is 0 Å². The summed E-state index contributed by atoms with van der Waals surface area (Å²) >= 11 is 0. The number of carbonyl (C=O) groups excluding carboxylic acids is 1. The van der Waals surface area contributed by atoms with Crippen LogP contribution in [-0.4, -0.2) is 29.9 Å². The fraction of sp³-hybridized carbons (Fsp3) is 0.929. The molecule has 2 aliphatic rings. The number of hydrogen-bond donors (Lipinski definition) is 1. The molecule has 3 nitrogen and oxygen atoms in total. The average molecular weight is 238 g/mol. The van der Waals surface area contributed by atoms with E-state index in [2.05, 4.69) is 18.7 Å². The lowest BCUT2D eigenvalue weighted by molar-refractivity contribution is -0.136. The first kappa shape index (κ1) is 12.9. The Kier molecular flexibility index (Phi) is 3.76. The van der Waals surface area contributed by atoms with Gasteiger partial charge in [0.25, 0.3) is 0 Å². The Hall–Kier alpha value is -0.570. The number of nitrogens with two attached hydrogens (primary N) is 1. The molecule has 0 aromatic rings. The van der Waals surface area contributed by atoms with Gasteiger partial charge in [-0.2, -0.15) is 0 Å². The van der Waals surface area contributed by atoms with Crippen molar-refractivity contribution in [2.45, 2.75) is 58.4 Å².